The van der Waals surface area contributed by atoms with Gasteiger partial charge in [-0.2, -0.15) is 11.8 Å². The van der Waals surface area contributed by atoms with Gasteiger partial charge in [-0.05, 0) is 51.7 Å². The first-order valence-corrected chi connectivity index (χ1v) is 9.31. The summed E-state index contributed by atoms with van der Waals surface area (Å²) in [5, 5.41) is 0.548. The number of hydrogen-bond donors (Lipinski definition) is 0. The highest BCUT2D eigenvalue weighted by Gasteiger charge is 2.31. The van der Waals surface area contributed by atoms with Gasteiger partial charge in [-0.25, -0.2) is 0 Å². The maximum atomic E-state index is 6.30. The Morgan fingerprint density at radius 1 is 1.18 bits per heavy atom. The fourth-order valence-electron chi connectivity index (χ4n) is 2.74. The summed E-state index contributed by atoms with van der Waals surface area (Å²) in [6.07, 6.45) is 2.43. The topological polar surface area (TPSA) is 12.5 Å². The summed E-state index contributed by atoms with van der Waals surface area (Å²) >= 11 is 2.07. The van der Waals surface area contributed by atoms with Crippen molar-refractivity contribution in [2.75, 3.05) is 18.8 Å². The molecule has 1 atom stereocenters. The lowest BCUT2D eigenvalue weighted by Gasteiger charge is -2.38. The second-order valence-electron chi connectivity index (χ2n) is 7.34. The molecule has 2 fully saturated rings. The van der Waals surface area contributed by atoms with Crippen molar-refractivity contribution in [3.05, 3.63) is 46.8 Å². The molecule has 0 spiro atoms. The minimum absolute atomic E-state index is 0.116. The summed E-state index contributed by atoms with van der Waals surface area (Å²) in [6, 6.07) is 9.01. The number of benzene rings is 1. The van der Waals surface area contributed by atoms with Crippen molar-refractivity contribution in [1.29, 1.82) is 0 Å². The van der Waals surface area contributed by atoms with Gasteiger partial charge in [0, 0.05) is 24.1 Å². The molecule has 3 rings (SSSR count). The molecule has 2 nitrogen and oxygen atoms in total. The molecule has 1 aromatic rings. The average Bonchev–Trinajstić information content (AvgIpc) is 3.29. The van der Waals surface area contributed by atoms with Gasteiger partial charge in [0.2, 0.25) is 0 Å². The summed E-state index contributed by atoms with van der Waals surface area (Å²) in [7, 11) is 0. The predicted molar refractivity (Wildman–Crippen MR) is 95.0 cm³/mol. The quantitative estimate of drug-likeness (QED) is 0.735. The molecule has 0 radical (unpaired) electrons. The average molecular weight is 317 g/mol. The number of ether oxygens (including phenoxy) is 1. The molecule has 1 saturated heterocycles. The molecule has 0 amide bonds. The van der Waals surface area contributed by atoms with Gasteiger partial charge >= 0.3 is 0 Å². The zero-order valence-electron chi connectivity index (χ0n) is 14.2. The Morgan fingerprint density at radius 3 is 2.45 bits per heavy atom. The molecular weight excluding hydrogens is 290 g/mol. The molecule has 1 aromatic carbocycles. The van der Waals surface area contributed by atoms with Gasteiger partial charge in [0.1, 0.15) is 5.60 Å². The third kappa shape index (κ3) is 4.01. The number of hydrogen-bond acceptors (Lipinski definition) is 3. The first kappa shape index (κ1) is 15.8. The molecule has 0 bridgehead atoms. The molecule has 0 N–H and O–H groups in total. The molecule has 0 aromatic heterocycles. The molecule has 2 aliphatic rings. The lowest BCUT2D eigenvalue weighted by molar-refractivity contribution is 0.00131. The lowest BCUT2D eigenvalue weighted by Crippen LogP contribution is -2.37. The Bertz CT molecular complexity index is 550. The third-order valence-corrected chi connectivity index (χ3v) is 5.25. The van der Waals surface area contributed by atoms with Gasteiger partial charge < -0.3 is 9.64 Å². The number of thioether (sulfide) groups is 1. The zero-order valence-corrected chi connectivity index (χ0v) is 15.0. The molecule has 1 aliphatic carbocycles. The standard InChI is InChI=1S/C19H27NOS/c1-14-5-7-15(8-6-14)17-13-20(11-12-22-17)18(16-9-10-16)21-19(2,3)4/h5-8,17H,9-13H2,1-4H3. The Hall–Kier alpha value is -1.09. The van der Waals surface area contributed by atoms with Crippen molar-refractivity contribution in [2.45, 2.75) is 51.4 Å². The van der Waals surface area contributed by atoms with Crippen LogP contribution in [-0.2, 0) is 4.74 Å². The van der Waals surface area contributed by atoms with E-state index in [4.69, 9.17) is 4.74 Å². The monoisotopic (exact) mass is 317 g/mol. The minimum atomic E-state index is -0.116. The van der Waals surface area contributed by atoms with Crippen molar-refractivity contribution >= 4 is 11.8 Å². The van der Waals surface area contributed by atoms with E-state index in [-0.39, 0.29) is 5.60 Å². The predicted octanol–water partition coefficient (Wildman–Crippen LogP) is 4.91. The Kier molecular flexibility index (Phi) is 4.44. The summed E-state index contributed by atoms with van der Waals surface area (Å²) < 4.78 is 6.30. The van der Waals surface area contributed by atoms with Crippen molar-refractivity contribution < 1.29 is 4.74 Å². The molecule has 1 unspecified atom stereocenters. The Labute approximate surface area is 138 Å². The van der Waals surface area contributed by atoms with Gasteiger partial charge in [0.15, 0.2) is 5.88 Å². The van der Waals surface area contributed by atoms with Crippen molar-refractivity contribution in [2.24, 2.45) is 0 Å². The van der Waals surface area contributed by atoms with Crippen LogP contribution >= 0.6 is 11.8 Å². The lowest BCUT2D eigenvalue weighted by atomic mass is 10.1. The number of aryl methyl sites for hydroxylation is 1. The second-order valence-corrected chi connectivity index (χ2v) is 8.65. The van der Waals surface area contributed by atoms with Gasteiger partial charge in [0.25, 0.3) is 0 Å². The van der Waals surface area contributed by atoms with Crippen molar-refractivity contribution in [3.63, 3.8) is 0 Å². The van der Waals surface area contributed by atoms with Crippen LogP contribution in [0.15, 0.2) is 35.7 Å². The largest absolute Gasteiger partial charge is 0.473 e. The molecule has 3 heteroatoms. The fourth-order valence-corrected chi connectivity index (χ4v) is 3.99. The summed E-state index contributed by atoms with van der Waals surface area (Å²) in [5.74, 6) is 2.34. The van der Waals surface area contributed by atoms with E-state index in [1.54, 1.807) is 0 Å². The summed E-state index contributed by atoms with van der Waals surface area (Å²) in [6.45, 7) is 10.7. The summed E-state index contributed by atoms with van der Waals surface area (Å²) in [5.41, 5.74) is 4.16. The molecule has 1 saturated carbocycles. The molecule has 1 aliphatic heterocycles. The number of allylic oxidation sites excluding steroid dienone is 1. The van der Waals surface area contributed by atoms with Crippen molar-refractivity contribution in [3.8, 4) is 0 Å². The van der Waals surface area contributed by atoms with Crippen molar-refractivity contribution in [1.82, 2.24) is 4.90 Å². The van der Waals surface area contributed by atoms with E-state index in [9.17, 15) is 0 Å². The van der Waals surface area contributed by atoms with E-state index in [0.717, 1.165) is 13.1 Å². The van der Waals surface area contributed by atoms with E-state index < -0.39 is 0 Å². The SMILES string of the molecule is Cc1ccc(C2CN(C(OC(C)(C)C)=C3CC3)CCS2)cc1. The minimum Gasteiger partial charge on any atom is -0.473 e. The highest BCUT2D eigenvalue weighted by molar-refractivity contribution is 7.99. The third-order valence-electron chi connectivity index (χ3n) is 4.01. The number of rotatable bonds is 3. The van der Waals surface area contributed by atoms with Gasteiger partial charge in [0.05, 0.1) is 0 Å². The first-order valence-electron chi connectivity index (χ1n) is 8.26. The van der Waals surface area contributed by atoms with E-state index in [1.165, 1.54) is 41.2 Å². The van der Waals surface area contributed by atoms with E-state index in [1.807, 2.05) is 0 Å². The highest BCUT2D eigenvalue weighted by Crippen LogP contribution is 2.40. The van der Waals surface area contributed by atoms with Crippen LogP contribution in [0.3, 0.4) is 0 Å². The van der Waals surface area contributed by atoms with E-state index in [2.05, 4.69) is 68.6 Å². The second kappa shape index (κ2) is 6.19. The van der Waals surface area contributed by atoms with Crippen LogP contribution in [0, 0.1) is 6.92 Å². The first-order chi connectivity index (χ1) is 10.4. The van der Waals surface area contributed by atoms with Crippen LogP contribution in [0.4, 0.5) is 0 Å². The molecule has 1 heterocycles. The Morgan fingerprint density at radius 2 is 1.86 bits per heavy atom. The maximum absolute atomic E-state index is 6.30. The van der Waals surface area contributed by atoms with E-state index in [0.29, 0.717) is 5.25 Å². The smallest absolute Gasteiger partial charge is 0.189 e. The van der Waals surface area contributed by atoms with Crippen LogP contribution in [0.1, 0.15) is 50.0 Å². The maximum Gasteiger partial charge on any atom is 0.189 e. The summed E-state index contributed by atoms with van der Waals surface area (Å²) in [4.78, 5) is 2.48. The highest BCUT2D eigenvalue weighted by atomic mass is 32.2. The zero-order chi connectivity index (χ0) is 15.7. The van der Waals surface area contributed by atoms with Gasteiger partial charge in [-0.15, -0.1) is 0 Å². The van der Waals surface area contributed by atoms with Crippen LogP contribution in [0.5, 0.6) is 0 Å². The van der Waals surface area contributed by atoms with Gasteiger partial charge in [-0.1, -0.05) is 29.8 Å². The fraction of sp³-hybridized carbons (Fsp3) is 0.579. The molecule has 22 heavy (non-hydrogen) atoms. The van der Waals surface area contributed by atoms with Gasteiger partial charge in [-0.3, -0.25) is 0 Å². The van der Waals surface area contributed by atoms with E-state index >= 15 is 0 Å². The number of nitrogens with zero attached hydrogens (tertiary/aromatic N) is 1. The van der Waals surface area contributed by atoms with Crippen LogP contribution < -0.4 is 0 Å². The van der Waals surface area contributed by atoms with Crippen LogP contribution in [0.2, 0.25) is 0 Å². The molecular formula is C19H27NOS. The van der Waals surface area contributed by atoms with Crippen LogP contribution in [0.25, 0.3) is 0 Å². The van der Waals surface area contributed by atoms with Crippen LogP contribution in [-0.4, -0.2) is 29.3 Å². The normalized spacial score (nSPS) is 21.7. The molecule has 120 valence electrons. The Balaban J connectivity index is 1.75.